The van der Waals surface area contributed by atoms with Gasteiger partial charge in [0.1, 0.15) is 0 Å². The first kappa shape index (κ1) is 10.1. The van der Waals surface area contributed by atoms with Gasteiger partial charge in [0.2, 0.25) is 0 Å². The van der Waals surface area contributed by atoms with Crippen LogP contribution in [0.2, 0.25) is 0 Å². The van der Waals surface area contributed by atoms with Crippen LogP contribution < -0.4 is 5.32 Å². The molecule has 8 heteroatoms. The third-order valence-corrected chi connectivity index (χ3v) is 0.513. The van der Waals surface area contributed by atoms with Gasteiger partial charge >= 0.3 is 18.4 Å². The van der Waals surface area contributed by atoms with Crippen molar-refractivity contribution in [1.82, 2.24) is 5.32 Å². The van der Waals surface area contributed by atoms with Gasteiger partial charge in [-0.3, -0.25) is 10.1 Å². The summed E-state index contributed by atoms with van der Waals surface area (Å²) < 4.78 is 66.2. The molecule has 0 aliphatic carbocycles. The Kier molecular flexibility index (Phi) is 2.37. The molecule has 66 valence electrons. The van der Waals surface area contributed by atoms with E-state index in [1.54, 1.807) is 0 Å². The van der Waals surface area contributed by atoms with Crippen LogP contribution in [0.5, 0.6) is 0 Å². The van der Waals surface area contributed by atoms with Crippen LogP contribution >= 0.6 is 0 Å². The Hall–Kier alpha value is -0.950. The second-order valence-electron chi connectivity index (χ2n) is 1.45. The molecule has 0 saturated carbocycles. The van der Waals surface area contributed by atoms with E-state index in [4.69, 9.17) is 0 Å². The third kappa shape index (κ3) is 4.45. The van der Waals surface area contributed by atoms with Crippen molar-refractivity contribution in [3.05, 3.63) is 0 Å². The van der Waals surface area contributed by atoms with Crippen molar-refractivity contribution in [2.75, 3.05) is 0 Å². The van der Waals surface area contributed by atoms with Crippen molar-refractivity contribution in [3.8, 4) is 0 Å². The van der Waals surface area contributed by atoms with Gasteiger partial charge in [-0.05, 0) is 0 Å². The molecule has 0 aromatic heterocycles. The number of rotatable bonds is 0. The van der Waals surface area contributed by atoms with E-state index < -0.39 is 18.4 Å². The number of hydrogen-bond acceptors (Lipinski definition) is 1. The summed E-state index contributed by atoms with van der Waals surface area (Å²) in [4.78, 5) is 9.52. The van der Waals surface area contributed by atoms with Crippen LogP contribution in [-0.4, -0.2) is 18.4 Å². The Morgan fingerprint density at radius 2 is 1.36 bits per heavy atom. The summed E-state index contributed by atoms with van der Waals surface area (Å²) in [6.45, 7) is 0. The number of carbonyl (C=O) groups excluding carboxylic acids is 1. The van der Waals surface area contributed by atoms with Crippen molar-refractivity contribution in [1.29, 1.82) is 0 Å². The largest absolute Gasteiger partial charge is 0.484 e. The van der Waals surface area contributed by atoms with Gasteiger partial charge in [-0.1, -0.05) is 0 Å². The van der Waals surface area contributed by atoms with E-state index in [0.717, 1.165) is 0 Å². The van der Waals surface area contributed by atoms with Crippen LogP contribution in [0.15, 0.2) is 0 Å². The molecule has 2 nitrogen and oxygen atoms in total. The molecule has 0 aromatic rings. The molecule has 0 aromatic carbocycles. The van der Waals surface area contributed by atoms with Gasteiger partial charge in [-0.25, -0.2) is 0 Å². The van der Waals surface area contributed by atoms with Crippen molar-refractivity contribution in [2.45, 2.75) is 12.5 Å². The van der Waals surface area contributed by atoms with Crippen LogP contribution in [0.25, 0.3) is 0 Å². The summed E-state index contributed by atoms with van der Waals surface area (Å²) >= 11 is 0. The minimum absolute atomic E-state index is 0.205. The van der Waals surface area contributed by atoms with Gasteiger partial charge in [0.05, 0.1) is 0 Å². The van der Waals surface area contributed by atoms with Crippen LogP contribution in [0.1, 0.15) is 0 Å². The number of amides is 1. The number of carbonyl (C=O) groups is 1. The summed E-state index contributed by atoms with van der Waals surface area (Å²) in [6, 6.07) is 0. The Labute approximate surface area is 56.2 Å². The lowest BCUT2D eigenvalue weighted by atomic mass is 10.6. The lowest BCUT2D eigenvalue weighted by Gasteiger charge is -2.09. The number of hydrogen-bond donors (Lipinski definition) is 1. The zero-order valence-corrected chi connectivity index (χ0v) is 4.68. The van der Waals surface area contributed by atoms with Crippen LogP contribution in [0.3, 0.4) is 0 Å². The molecular weight excluding hydrogens is 180 g/mol. The van der Waals surface area contributed by atoms with Crippen molar-refractivity contribution >= 4 is 5.91 Å². The van der Waals surface area contributed by atoms with Gasteiger partial charge in [-0.15, -0.1) is 0 Å². The molecule has 1 N–H and O–H groups in total. The fraction of sp³-hybridized carbons (Fsp3) is 0.667. The third-order valence-electron chi connectivity index (χ3n) is 0.513. The molecule has 0 aliphatic heterocycles. The van der Waals surface area contributed by atoms with E-state index in [-0.39, 0.29) is 5.32 Å². The topological polar surface area (TPSA) is 29.1 Å². The second kappa shape index (κ2) is 2.59. The standard InChI is InChI=1S/C3HF6NO/c4-2(5,6)1(11)10-3(7,8)9/h(H,10,11). The fourth-order valence-corrected chi connectivity index (χ4v) is 0.200. The van der Waals surface area contributed by atoms with E-state index in [9.17, 15) is 31.1 Å². The highest BCUT2D eigenvalue weighted by molar-refractivity contribution is 5.81. The van der Waals surface area contributed by atoms with E-state index >= 15 is 0 Å². The van der Waals surface area contributed by atoms with Crippen molar-refractivity contribution in [3.63, 3.8) is 0 Å². The van der Waals surface area contributed by atoms with E-state index in [1.807, 2.05) is 0 Å². The van der Waals surface area contributed by atoms with Crippen LogP contribution in [-0.2, 0) is 4.79 Å². The Morgan fingerprint density at radius 1 is 1.00 bits per heavy atom. The Bertz CT molecular complexity index is 156. The highest BCUT2D eigenvalue weighted by Gasteiger charge is 2.44. The quantitative estimate of drug-likeness (QED) is 0.441. The molecule has 0 bridgehead atoms. The smallest absolute Gasteiger partial charge is 0.264 e. The average Bonchev–Trinajstić information content (AvgIpc) is 1.56. The summed E-state index contributed by atoms with van der Waals surface area (Å²) in [5.74, 6) is -3.02. The van der Waals surface area contributed by atoms with E-state index in [1.165, 1.54) is 0 Å². The molecule has 0 saturated heterocycles. The molecule has 0 unspecified atom stereocenters. The van der Waals surface area contributed by atoms with Gasteiger partial charge in [0, 0.05) is 0 Å². The minimum atomic E-state index is -5.50. The molecule has 0 rings (SSSR count). The van der Waals surface area contributed by atoms with Crippen LogP contribution in [0.4, 0.5) is 26.3 Å². The lowest BCUT2D eigenvalue weighted by molar-refractivity contribution is -0.202. The molecular formula is C3HF6NO. The average molecular weight is 181 g/mol. The maximum Gasteiger partial charge on any atom is 0.484 e. The highest BCUT2D eigenvalue weighted by atomic mass is 19.4. The number of halogens is 6. The number of alkyl halides is 6. The molecule has 0 aliphatic rings. The maximum absolute atomic E-state index is 11.1. The van der Waals surface area contributed by atoms with E-state index in [0.29, 0.717) is 0 Å². The normalized spacial score (nSPS) is 12.9. The van der Waals surface area contributed by atoms with Crippen LogP contribution in [0, 0.1) is 0 Å². The fourth-order valence-electron chi connectivity index (χ4n) is 0.200. The van der Waals surface area contributed by atoms with Gasteiger partial charge in [0.15, 0.2) is 0 Å². The second-order valence-corrected chi connectivity index (χ2v) is 1.45. The maximum atomic E-state index is 11.1. The Morgan fingerprint density at radius 3 is 1.45 bits per heavy atom. The van der Waals surface area contributed by atoms with Gasteiger partial charge in [-0.2, -0.15) is 26.3 Å². The van der Waals surface area contributed by atoms with Gasteiger partial charge < -0.3 is 0 Å². The highest BCUT2D eigenvalue weighted by Crippen LogP contribution is 2.18. The molecule has 11 heavy (non-hydrogen) atoms. The van der Waals surface area contributed by atoms with Gasteiger partial charge in [0.25, 0.3) is 0 Å². The monoisotopic (exact) mass is 181 g/mol. The first-order valence-corrected chi connectivity index (χ1v) is 2.09. The van der Waals surface area contributed by atoms with E-state index in [2.05, 4.69) is 0 Å². The van der Waals surface area contributed by atoms with Crippen molar-refractivity contribution < 1.29 is 31.1 Å². The Balaban J connectivity index is 4.11. The summed E-state index contributed by atoms with van der Waals surface area (Å²) in [5, 5.41) is -0.205. The first-order valence-electron chi connectivity index (χ1n) is 2.09. The zero-order chi connectivity index (χ0) is 9.28. The molecule has 0 spiro atoms. The molecule has 0 atom stereocenters. The first-order chi connectivity index (χ1) is 4.63. The number of nitrogens with one attached hydrogen (secondary N) is 1. The summed E-state index contributed by atoms with van der Waals surface area (Å²) in [6.07, 6.45) is -10.8. The molecule has 0 fully saturated rings. The lowest BCUT2D eigenvalue weighted by Crippen LogP contribution is -2.44. The summed E-state index contributed by atoms with van der Waals surface area (Å²) in [5.41, 5.74) is 0. The molecule has 0 heterocycles. The zero-order valence-electron chi connectivity index (χ0n) is 4.68. The predicted octanol–water partition coefficient (Wildman–Crippen LogP) is 1.18. The SMILES string of the molecule is O=C(NC(F)(F)F)C(F)(F)F. The molecule has 0 radical (unpaired) electrons. The predicted molar refractivity (Wildman–Crippen MR) is 20.3 cm³/mol. The summed E-state index contributed by atoms with van der Waals surface area (Å²) in [7, 11) is 0. The minimum Gasteiger partial charge on any atom is -0.264 e. The molecule has 1 amide bonds. The van der Waals surface area contributed by atoms with Crippen molar-refractivity contribution in [2.24, 2.45) is 0 Å².